The second-order valence-corrected chi connectivity index (χ2v) is 9.95. The third kappa shape index (κ3) is 6.38. The molecule has 0 heterocycles. The van der Waals surface area contributed by atoms with Crippen molar-refractivity contribution < 1.29 is 23.0 Å². The molecule has 0 aliphatic heterocycles. The molecule has 0 bridgehead atoms. The molecule has 6 heteroatoms. The lowest BCUT2D eigenvalue weighted by Crippen LogP contribution is -2.46. The van der Waals surface area contributed by atoms with Crippen LogP contribution < -0.4 is 5.32 Å². The van der Waals surface area contributed by atoms with E-state index in [1.54, 1.807) is 6.07 Å². The predicted molar refractivity (Wildman–Crippen MR) is 129 cm³/mol. The average molecular weight is 472 g/mol. The molecule has 2 atom stereocenters. The van der Waals surface area contributed by atoms with Crippen molar-refractivity contribution in [2.75, 3.05) is 13.2 Å². The number of rotatable bonds is 10. The number of benzene rings is 3. The molecule has 3 nitrogen and oxygen atoms in total. The molecule has 3 aromatic rings. The third-order valence-corrected chi connectivity index (χ3v) is 6.37. The number of halogens is 3. The quantitative estimate of drug-likeness (QED) is 0.365. The zero-order chi connectivity index (χ0) is 24.3. The normalized spacial score (nSPS) is 16.5. The molecule has 3 aromatic carbocycles. The van der Waals surface area contributed by atoms with Crippen molar-refractivity contribution in [1.29, 1.82) is 0 Å². The van der Waals surface area contributed by atoms with Crippen LogP contribution in [0.2, 0.25) is 0 Å². The Balaban J connectivity index is 1.33. The lowest BCUT2D eigenvalue weighted by molar-refractivity contribution is -0.140. The first-order valence-corrected chi connectivity index (χ1v) is 11.8. The number of ether oxygens (including phenoxy) is 1. The number of aliphatic hydroxyl groups excluding tert-OH is 1. The minimum absolute atomic E-state index is 0.0214. The van der Waals surface area contributed by atoms with Gasteiger partial charge in [0.05, 0.1) is 24.4 Å². The van der Waals surface area contributed by atoms with E-state index in [-0.39, 0.29) is 23.6 Å². The Labute approximate surface area is 198 Å². The number of alkyl halides is 3. The maximum Gasteiger partial charge on any atom is 0.416 e. The first-order chi connectivity index (χ1) is 16.1. The van der Waals surface area contributed by atoms with Crippen molar-refractivity contribution in [3.8, 4) is 0 Å². The molecule has 1 saturated carbocycles. The van der Waals surface area contributed by atoms with Gasteiger partial charge >= 0.3 is 6.18 Å². The summed E-state index contributed by atoms with van der Waals surface area (Å²) in [6, 6.07) is 20.2. The summed E-state index contributed by atoms with van der Waals surface area (Å²) in [6.07, 6.45) is -3.46. The molecular weight excluding hydrogens is 439 g/mol. The highest BCUT2D eigenvalue weighted by atomic mass is 19.4. The summed E-state index contributed by atoms with van der Waals surface area (Å²) in [5.74, 6) is 0.0630. The van der Waals surface area contributed by atoms with Crippen molar-refractivity contribution >= 4 is 10.8 Å². The zero-order valence-electron chi connectivity index (χ0n) is 19.6. The summed E-state index contributed by atoms with van der Waals surface area (Å²) in [5.41, 5.74) is 0.423. The lowest BCUT2D eigenvalue weighted by Gasteiger charge is -2.29. The molecule has 182 valence electrons. The Morgan fingerprint density at radius 2 is 1.65 bits per heavy atom. The average Bonchev–Trinajstić information content (AvgIpc) is 3.62. The summed E-state index contributed by atoms with van der Waals surface area (Å²) in [7, 11) is 0. The van der Waals surface area contributed by atoms with E-state index in [1.807, 2.05) is 12.1 Å². The van der Waals surface area contributed by atoms with E-state index >= 15 is 0 Å². The number of fused-ring (bicyclic) bond motifs is 1. The topological polar surface area (TPSA) is 41.5 Å². The van der Waals surface area contributed by atoms with Crippen LogP contribution in [0.4, 0.5) is 13.2 Å². The highest BCUT2D eigenvalue weighted by molar-refractivity contribution is 5.83. The molecule has 1 unspecified atom stereocenters. The van der Waals surface area contributed by atoms with Crippen LogP contribution in [0.1, 0.15) is 49.5 Å². The molecule has 0 spiro atoms. The Kier molecular flexibility index (Phi) is 7.31. The predicted octanol–water partition coefficient (Wildman–Crippen LogP) is 6.30. The first kappa shape index (κ1) is 24.7. The van der Waals surface area contributed by atoms with E-state index in [0.717, 1.165) is 25.3 Å². The standard InChI is InChI=1S/C28H32F3NO2/c1-27(2,16-19-11-12-20-7-3-4-8-22(20)15-19)32-17-23(33)18-34-26(21-13-14-21)24-9-5-6-10-25(24)28(29,30)31/h3-12,15,21,23,26,32-33H,13-14,16-18H2,1-2H3/t23-,26?/m1/s1. The van der Waals surface area contributed by atoms with E-state index in [1.165, 1.54) is 28.5 Å². The van der Waals surface area contributed by atoms with Crippen LogP contribution in [0.3, 0.4) is 0 Å². The third-order valence-electron chi connectivity index (χ3n) is 6.37. The number of hydrogen-bond donors (Lipinski definition) is 2. The largest absolute Gasteiger partial charge is 0.416 e. The maximum absolute atomic E-state index is 13.5. The van der Waals surface area contributed by atoms with Gasteiger partial charge in [0, 0.05) is 12.1 Å². The van der Waals surface area contributed by atoms with Gasteiger partial charge in [0.1, 0.15) is 0 Å². The lowest BCUT2D eigenvalue weighted by atomic mass is 9.93. The molecule has 2 N–H and O–H groups in total. The summed E-state index contributed by atoms with van der Waals surface area (Å²) < 4.78 is 46.4. The van der Waals surface area contributed by atoms with E-state index in [9.17, 15) is 18.3 Å². The van der Waals surface area contributed by atoms with E-state index in [4.69, 9.17) is 4.74 Å². The van der Waals surface area contributed by atoms with Crippen molar-refractivity contribution in [2.45, 2.75) is 57.0 Å². The van der Waals surface area contributed by atoms with Crippen LogP contribution in [0.25, 0.3) is 10.8 Å². The van der Waals surface area contributed by atoms with Crippen LogP contribution in [0.5, 0.6) is 0 Å². The molecule has 34 heavy (non-hydrogen) atoms. The maximum atomic E-state index is 13.5. The van der Waals surface area contributed by atoms with Crippen molar-refractivity contribution in [1.82, 2.24) is 5.32 Å². The zero-order valence-corrected chi connectivity index (χ0v) is 19.6. The summed E-state index contributed by atoms with van der Waals surface area (Å²) in [6.45, 7) is 4.41. The fourth-order valence-corrected chi connectivity index (χ4v) is 4.47. The van der Waals surface area contributed by atoms with Gasteiger partial charge in [0.25, 0.3) is 0 Å². The molecule has 0 aromatic heterocycles. The van der Waals surface area contributed by atoms with Gasteiger partial charge in [-0.25, -0.2) is 0 Å². The van der Waals surface area contributed by atoms with Gasteiger partial charge in [0.15, 0.2) is 0 Å². The van der Waals surface area contributed by atoms with E-state index < -0.39 is 23.9 Å². The van der Waals surface area contributed by atoms with Crippen LogP contribution in [-0.4, -0.2) is 29.9 Å². The number of aliphatic hydroxyl groups is 1. The molecule has 1 fully saturated rings. The Bertz CT molecular complexity index is 1110. The second kappa shape index (κ2) is 10.1. The highest BCUT2D eigenvalue weighted by Gasteiger charge is 2.40. The van der Waals surface area contributed by atoms with Gasteiger partial charge in [-0.15, -0.1) is 0 Å². The van der Waals surface area contributed by atoms with Gasteiger partial charge in [-0.2, -0.15) is 13.2 Å². The Morgan fingerprint density at radius 3 is 2.35 bits per heavy atom. The van der Waals surface area contributed by atoms with Gasteiger partial charge in [-0.3, -0.25) is 0 Å². The van der Waals surface area contributed by atoms with E-state index in [0.29, 0.717) is 6.54 Å². The number of hydrogen-bond acceptors (Lipinski definition) is 3. The van der Waals surface area contributed by atoms with Crippen molar-refractivity contribution in [3.05, 3.63) is 83.4 Å². The molecule has 0 amide bonds. The molecule has 1 aliphatic carbocycles. The first-order valence-electron chi connectivity index (χ1n) is 11.8. The fraction of sp³-hybridized carbons (Fsp3) is 0.429. The molecule has 0 radical (unpaired) electrons. The Morgan fingerprint density at radius 1 is 0.971 bits per heavy atom. The van der Waals surface area contributed by atoms with Crippen LogP contribution >= 0.6 is 0 Å². The van der Waals surface area contributed by atoms with Gasteiger partial charge in [0.2, 0.25) is 0 Å². The van der Waals surface area contributed by atoms with Crippen LogP contribution in [0.15, 0.2) is 66.7 Å². The highest BCUT2D eigenvalue weighted by Crippen LogP contribution is 2.46. The summed E-state index contributed by atoms with van der Waals surface area (Å²) >= 11 is 0. The van der Waals surface area contributed by atoms with Crippen molar-refractivity contribution in [3.63, 3.8) is 0 Å². The fourth-order valence-electron chi connectivity index (χ4n) is 4.47. The summed E-state index contributed by atoms with van der Waals surface area (Å²) in [5, 5.41) is 16.3. The Hall–Kier alpha value is -2.41. The SMILES string of the molecule is CC(C)(Cc1ccc2ccccc2c1)NC[C@@H](O)COC(c1ccccc1C(F)(F)F)C1CC1. The van der Waals surface area contributed by atoms with Gasteiger partial charge < -0.3 is 15.2 Å². The van der Waals surface area contributed by atoms with Crippen LogP contribution in [-0.2, 0) is 17.3 Å². The molecule has 0 saturated heterocycles. The smallest absolute Gasteiger partial charge is 0.389 e. The van der Waals surface area contributed by atoms with Gasteiger partial charge in [-0.05, 0) is 67.0 Å². The van der Waals surface area contributed by atoms with E-state index in [2.05, 4.69) is 49.5 Å². The second-order valence-electron chi connectivity index (χ2n) is 9.95. The monoisotopic (exact) mass is 471 g/mol. The van der Waals surface area contributed by atoms with Crippen LogP contribution in [0, 0.1) is 5.92 Å². The molecule has 1 aliphatic rings. The number of β-amino-alcohol motifs (C(OH)–C–C–N with tert-alkyl or cyclic N) is 1. The van der Waals surface area contributed by atoms with Crippen molar-refractivity contribution in [2.24, 2.45) is 5.92 Å². The minimum atomic E-state index is -4.43. The number of nitrogens with one attached hydrogen (secondary N) is 1. The molecule has 4 rings (SSSR count). The van der Waals surface area contributed by atoms with Gasteiger partial charge in [-0.1, -0.05) is 60.7 Å². The minimum Gasteiger partial charge on any atom is -0.389 e. The summed E-state index contributed by atoms with van der Waals surface area (Å²) in [4.78, 5) is 0. The molecular formula is C28H32F3NO2.